The number of hydrogen-bond donors (Lipinski definition) is 1. The summed E-state index contributed by atoms with van der Waals surface area (Å²) in [5.74, 6) is -0.0110. The Hall–Kier alpha value is -1.62. The molecule has 1 N–H and O–H groups in total. The first-order chi connectivity index (χ1) is 9.06. The van der Waals surface area contributed by atoms with Gasteiger partial charge in [-0.1, -0.05) is 6.07 Å². The van der Waals surface area contributed by atoms with Gasteiger partial charge in [0, 0.05) is 29.8 Å². The Kier molecular flexibility index (Phi) is 4.37. The van der Waals surface area contributed by atoms with E-state index in [1.54, 1.807) is 10.9 Å². The average Bonchev–Trinajstić information content (AvgIpc) is 2.84. The molecular weight excluding hydrogens is 306 g/mol. The molecule has 0 aliphatic carbocycles. The van der Waals surface area contributed by atoms with E-state index in [4.69, 9.17) is 0 Å². The van der Waals surface area contributed by atoms with Crippen molar-refractivity contribution in [1.29, 1.82) is 0 Å². The predicted molar refractivity (Wildman–Crippen MR) is 79.1 cm³/mol. The zero-order chi connectivity index (χ0) is 13.8. The van der Waals surface area contributed by atoms with Crippen molar-refractivity contribution in [3.8, 4) is 0 Å². The van der Waals surface area contributed by atoms with Crippen molar-refractivity contribution >= 4 is 27.5 Å². The molecule has 0 aliphatic heterocycles. The number of aromatic nitrogens is 2. The Morgan fingerprint density at radius 3 is 2.84 bits per heavy atom. The van der Waals surface area contributed by atoms with Crippen molar-refractivity contribution in [1.82, 2.24) is 9.78 Å². The maximum absolute atomic E-state index is 11.9. The molecule has 0 radical (unpaired) electrons. The quantitative estimate of drug-likeness (QED) is 0.939. The van der Waals surface area contributed by atoms with Gasteiger partial charge in [-0.3, -0.25) is 9.48 Å². The molecule has 1 heterocycles. The van der Waals surface area contributed by atoms with E-state index in [1.807, 2.05) is 38.2 Å². The smallest absolute Gasteiger partial charge is 0.226 e. The fourth-order valence-corrected chi connectivity index (χ4v) is 2.70. The van der Waals surface area contributed by atoms with Crippen molar-refractivity contribution in [3.05, 3.63) is 46.2 Å². The minimum absolute atomic E-state index is 0.0110. The highest BCUT2D eigenvalue weighted by atomic mass is 79.9. The Bertz CT molecular complexity index is 555. The van der Waals surface area contributed by atoms with Gasteiger partial charge < -0.3 is 5.32 Å². The molecule has 2 aromatic rings. The summed E-state index contributed by atoms with van der Waals surface area (Å²) >= 11 is 3.48. The number of carbonyl (C=O) groups excluding carboxylic acids is 1. The lowest BCUT2D eigenvalue weighted by Gasteiger charge is -2.11. The van der Waals surface area contributed by atoms with Crippen molar-refractivity contribution in [2.24, 2.45) is 0 Å². The van der Waals surface area contributed by atoms with Gasteiger partial charge in [-0.15, -0.1) is 0 Å². The van der Waals surface area contributed by atoms with Crippen LogP contribution in [0.2, 0.25) is 0 Å². The first kappa shape index (κ1) is 13.8. The fraction of sp³-hybridized carbons (Fsp3) is 0.286. The second kappa shape index (κ2) is 6.02. The maximum Gasteiger partial charge on any atom is 0.226 e. The van der Waals surface area contributed by atoms with E-state index in [1.165, 1.54) is 5.56 Å². The number of carbonyl (C=O) groups is 1. The number of nitrogens with one attached hydrogen (secondary N) is 1. The molecule has 1 aromatic carbocycles. The molecule has 0 fully saturated rings. The normalized spacial score (nSPS) is 10.5. The topological polar surface area (TPSA) is 46.9 Å². The van der Waals surface area contributed by atoms with Gasteiger partial charge in [0.2, 0.25) is 5.91 Å². The van der Waals surface area contributed by atoms with Crippen LogP contribution in [-0.2, 0) is 11.3 Å². The summed E-state index contributed by atoms with van der Waals surface area (Å²) in [5.41, 5.74) is 3.06. The van der Waals surface area contributed by atoms with E-state index in [-0.39, 0.29) is 5.91 Å². The zero-order valence-electron chi connectivity index (χ0n) is 11.0. The minimum Gasteiger partial charge on any atom is -0.325 e. The second-order valence-electron chi connectivity index (χ2n) is 4.51. The minimum atomic E-state index is -0.0110. The molecule has 1 amide bonds. The molecule has 2 rings (SSSR count). The van der Waals surface area contributed by atoms with Crippen LogP contribution in [0.5, 0.6) is 0 Å². The lowest BCUT2D eigenvalue weighted by molar-refractivity contribution is -0.116. The highest BCUT2D eigenvalue weighted by molar-refractivity contribution is 9.10. The zero-order valence-corrected chi connectivity index (χ0v) is 12.6. The van der Waals surface area contributed by atoms with Gasteiger partial charge in [-0.05, 0) is 53.0 Å². The maximum atomic E-state index is 11.9. The van der Waals surface area contributed by atoms with Crippen LogP contribution in [0, 0.1) is 13.8 Å². The van der Waals surface area contributed by atoms with E-state index in [2.05, 4.69) is 26.3 Å². The SMILES string of the molecule is Cc1cc(C)c(NC(=O)CCn2cccn2)c(Br)c1. The second-order valence-corrected chi connectivity index (χ2v) is 5.36. The largest absolute Gasteiger partial charge is 0.325 e. The van der Waals surface area contributed by atoms with Crippen LogP contribution in [0.4, 0.5) is 5.69 Å². The summed E-state index contributed by atoms with van der Waals surface area (Å²) in [7, 11) is 0. The number of benzene rings is 1. The van der Waals surface area contributed by atoms with E-state index in [9.17, 15) is 4.79 Å². The van der Waals surface area contributed by atoms with E-state index >= 15 is 0 Å². The third kappa shape index (κ3) is 3.67. The Morgan fingerprint density at radius 2 is 2.21 bits per heavy atom. The Balaban J connectivity index is 1.99. The van der Waals surface area contributed by atoms with Gasteiger partial charge in [0.25, 0.3) is 0 Å². The molecule has 0 unspecified atom stereocenters. The number of rotatable bonds is 4. The Labute approximate surface area is 120 Å². The van der Waals surface area contributed by atoms with Crippen molar-refractivity contribution in [3.63, 3.8) is 0 Å². The van der Waals surface area contributed by atoms with E-state index in [0.717, 1.165) is 15.7 Å². The number of nitrogens with zero attached hydrogens (tertiary/aromatic N) is 2. The fourth-order valence-electron chi connectivity index (χ4n) is 1.92. The number of hydrogen-bond acceptors (Lipinski definition) is 2. The van der Waals surface area contributed by atoms with Gasteiger partial charge in [0.15, 0.2) is 0 Å². The first-order valence-corrected chi connectivity index (χ1v) is 6.89. The molecule has 0 aliphatic rings. The third-order valence-electron chi connectivity index (χ3n) is 2.82. The summed E-state index contributed by atoms with van der Waals surface area (Å²) in [4.78, 5) is 11.9. The molecular formula is C14H16BrN3O. The summed E-state index contributed by atoms with van der Waals surface area (Å²) < 4.78 is 2.66. The highest BCUT2D eigenvalue weighted by Crippen LogP contribution is 2.27. The summed E-state index contributed by atoms with van der Waals surface area (Å²) in [6, 6.07) is 5.89. The van der Waals surface area contributed by atoms with Crippen LogP contribution in [0.3, 0.4) is 0 Å². The molecule has 4 nitrogen and oxygen atoms in total. The molecule has 0 saturated heterocycles. The standard InChI is InChI=1S/C14H16BrN3O/c1-10-8-11(2)14(12(15)9-10)17-13(19)4-7-18-6-3-5-16-18/h3,5-6,8-9H,4,7H2,1-2H3,(H,17,19). The Morgan fingerprint density at radius 1 is 1.42 bits per heavy atom. The van der Waals surface area contributed by atoms with E-state index in [0.29, 0.717) is 13.0 Å². The van der Waals surface area contributed by atoms with Gasteiger partial charge in [0.1, 0.15) is 0 Å². The molecule has 0 atom stereocenters. The number of aryl methyl sites for hydroxylation is 3. The summed E-state index contributed by atoms with van der Waals surface area (Å²) in [6.45, 7) is 4.60. The lowest BCUT2D eigenvalue weighted by Crippen LogP contribution is -2.15. The van der Waals surface area contributed by atoms with Gasteiger partial charge >= 0.3 is 0 Å². The highest BCUT2D eigenvalue weighted by Gasteiger charge is 2.09. The number of anilines is 1. The lowest BCUT2D eigenvalue weighted by atomic mass is 10.1. The third-order valence-corrected chi connectivity index (χ3v) is 3.45. The van der Waals surface area contributed by atoms with Gasteiger partial charge in [-0.2, -0.15) is 5.10 Å². The van der Waals surface area contributed by atoms with Crippen molar-refractivity contribution in [2.75, 3.05) is 5.32 Å². The first-order valence-electron chi connectivity index (χ1n) is 6.10. The van der Waals surface area contributed by atoms with Crippen molar-refractivity contribution < 1.29 is 4.79 Å². The molecule has 19 heavy (non-hydrogen) atoms. The van der Waals surface area contributed by atoms with Crippen LogP contribution in [0.25, 0.3) is 0 Å². The molecule has 100 valence electrons. The number of amides is 1. The molecule has 1 aromatic heterocycles. The van der Waals surface area contributed by atoms with Gasteiger partial charge in [0.05, 0.1) is 5.69 Å². The molecule has 0 bridgehead atoms. The summed E-state index contributed by atoms with van der Waals surface area (Å²) in [6.07, 6.45) is 3.96. The monoisotopic (exact) mass is 321 g/mol. The van der Waals surface area contributed by atoms with Crippen LogP contribution in [0.1, 0.15) is 17.5 Å². The van der Waals surface area contributed by atoms with Gasteiger partial charge in [-0.25, -0.2) is 0 Å². The van der Waals surface area contributed by atoms with Crippen LogP contribution in [-0.4, -0.2) is 15.7 Å². The van der Waals surface area contributed by atoms with Crippen LogP contribution < -0.4 is 5.32 Å². The van der Waals surface area contributed by atoms with Crippen LogP contribution >= 0.6 is 15.9 Å². The summed E-state index contributed by atoms with van der Waals surface area (Å²) in [5, 5.41) is 7.01. The molecule has 0 saturated carbocycles. The number of halogens is 1. The average molecular weight is 322 g/mol. The molecule has 0 spiro atoms. The van der Waals surface area contributed by atoms with Crippen LogP contribution in [0.15, 0.2) is 35.1 Å². The van der Waals surface area contributed by atoms with E-state index < -0.39 is 0 Å². The molecule has 5 heteroatoms. The predicted octanol–water partition coefficient (Wildman–Crippen LogP) is 3.29. The van der Waals surface area contributed by atoms with Crippen molar-refractivity contribution in [2.45, 2.75) is 26.8 Å².